The second-order valence-electron chi connectivity index (χ2n) is 7.89. The van der Waals surface area contributed by atoms with Crippen molar-refractivity contribution in [3.05, 3.63) is 96.3 Å². The van der Waals surface area contributed by atoms with Crippen LogP contribution in [0.1, 0.15) is 15.9 Å². The Bertz CT molecular complexity index is 1560. The van der Waals surface area contributed by atoms with Crippen molar-refractivity contribution >= 4 is 33.7 Å². The van der Waals surface area contributed by atoms with Gasteiger partial charge in [0.1, 0.15) is 17.2 Å². The third kappa shape index (κ3) is 4.24. The van der Waals surface area contributed by atoms with E-state index in [-0.39, 0.29) is 5.75 Å². The van der Waals surface area contributed by atoms with E-state index in [1.807, 2.05) is 65.2 Å². The number of hydrogen-bond acceptors (Lipinski definition) is 5. The third-order valence-corrected chi connectivity index (χ3v) is 5.65. The number of carbonyl (C=O) groups excluding carboxylic acids is 1. The smallest absolute Gasteiger partial charge is 0.341 e. The van der Waals surface area contributed by atoms with Crippen LogP contribution in [-0.4, -0.2) is 33.1 Å². The molecule has 1 amide bonds. The summed E-state index contributed by atoms with van der Waals surface area (Å²) < 4.78 is 13.7. The Morgan fingerprint density at radius 2 is 1.63 bits per heavy atom. The summed E-state index contributed by atoms with van der Waals surface area (Å²) in [7, 11) is 0. The van der Waals surface area contributed by atoms with Crippen LogP contribution in [0.3, 0.4) is 0 Å². The van der Waals surface area contributed by atoms with Crippen molar-refractivity contribution in [2.75, 3.05) is 6.61 Å². The van der Waals surface area contributed by atoms with E-state index in [2.05, 4.69) is 4.98 Å². The number of amides is 1. The molecule has 0 saturated heterocycles. The minimum atomic E-state index is -1.12. The molecule has 2 aromatic heterocycles. The Labute approximate surface area is 200 Å². The Morgan fingerprint density at radius 1 is 0.857 bits per heavy atom. The van der Waals surface area contributed by atoms with E-state index in [1.165, 1.54) is 6.20 Å². The summed E-state index contributed by atoms with van der Waals surface area (Å²) in [6.45, 7) is -0.144. The van der Waals surface area contributed by atoms with Crippen molar-refractivity contribution < 1.29 is 24.2 Å². The predicted octanol–water partition coefficient (Wildman–Crippen LogP) is 4.59. The highest BCUT2D eigenvalue weighted by Gasteiger charge is 2.21. The zero-order valence-corrected chi connectivity index (χ0v) is 18.5. The maximum absolute atomic E-state index is 12.3. The molecule has 0 atom stereocenters. The molecule has 0 aliphatic carbocycles. The molecule has 0 fully saturated rings. The number of aromatic nitrogens is 2. The lowest BCUT2D eigenvalue weighted by Gasteiger charge is -2.13. The molecular formula is C27H21N3O5. The molecule has 0 aliphatic rings. The van der Waals surface area contributed by atoms with Gasteiger partial charge in [-0.25, -0.2) is 4.79 Å². The van der Waals surface area contributed by atoms with Crippen LogP contribution < -0.4 is 15.2 Å². The van der Waals surface area contributed by atoms with Crippen molar-refractivity contribution in [3.63, 3.8) is 0 Å². The first-order chi connectivity index (χ1) is 17.0. The normalized spacial score (nSPS) is 11.0. The molecule has 5 rings (SSSR count). The van der Waals surface area contributed by atoms with Gasteiger partial charge >= 0.3 is 5.97 Å². The summed E-state index contributed by atoms with van der Waals surface area (Å²) in [4.78, 5) is 27.7. The van der Waals surface area contributed by atoms with Gasteiger partial charge < -0.3 is 24.9 Å². The average Bonchev–Trinajstić information content (AvgIpc) is 3.18. The maximum atomic E-state index is 12.3. The van der Waals surface area contributed by atoms with Crippen LogP contribution in [0.15, 0.2) is 85.2 Å². The van der Waals surface area contributed by atoms with Gasteiger partial charge in [-0.15, -0.1) is 0 Å². The quantitative estimate of drug-likeness (QED) is 0.345. The van der Waals surface area contributed by atoms with Gasteiger partial charge in [-0.1, -0.05) is 42.5 Å². The van der Waals surface area contributed by atoms with Gasteiger partial charge in [0, 0.05) is 16.5 Å². The summed E-state index contributed by atoms with van der Waals surface area (Å²) in [6, 6.07) is 22.5. The number of nitrogens with two attached hydrogens (primary N) is 1. The zero-order valence-electron chi connectivity index (χ0n) is 18.5. The summed E-state index contributed by atoms with van der Waals surface area (Å²) in [5.41, 5.74) is 8.31. The first-order valence-corrected chi connectivity index (χ1v) is 10.9. The van der Waals surface area contributed by atoms with E-state index in [1.54, 1.807) is 18.3 Å². The number of carbonyl (C=O) groups is 2. The van der Waals surface area contributed by atoms with Crippen LogP contribution in [0.2, 0.25) is 0 Å². The lowest BCUT2D eigenvalue weighted by atomic mass is 10.1. The number of primary amides is 1. The van der Waals surface area contributed by atoms with E-state index < -0.39 is 18.5 Å². The van der Waals surface area contributed by atoms with E-state index in [9.17, 15) is 9.59 Å². The predicted molar refractivity (Wildman–Crippen MR) is 131 cm³/mol. The molecule has 2 heterocycles. The number of rotatable bonds is 8. The number of carboxylic acids is 1. The molecule has 35 heavy (non-hydrogen) atoms. The second-order valence-corrected chi connectivity index (χ2v) is 7.89. The molecule has 174 valence electrons. The number of hydrogen-bond donors (Lipinski definition) is 2. The first kappa shape index (κ1) is 22.0. The highest BCUT2D eigenvalue weighted by Crippen LogP contribution is 2.38. The maximum Gasteiger partial charge on any atom is 0.341 e. The molecule has 0 radical (unpaired) electrons. The van der Waals surface area contributed by atoms with Crippen LogP contribution in [0.4, 0.5) is 0 Å². The number of fused-ring (bicyclic) bond motifs is 3. The van der Waals surface area contributed by atoms with Crippen LogP contribution in [-0.2, 0) is 11.3 Å². The van der Waals surface area contributed by atoms with Crippen molar-refractivity contribution in [1.29, 1.82) is 0 Å². The van der Waals surface area contributed by atoms with Gasteiger partial charge in [0.05, 0.1) is 35.4 Å². The third-order valence-electron chi connectivity index (χ3n) is 5.65. The van der Waals surface area contributed by atoms with Crippen LogP contribution in [0, 0.1) is 0 Å². The number of benzene rings is 3. The zero-order chi connectivity index (χ0) is 24.4. The Kier molecular flexibility index (Phi) is 5.76. The van der Waals surface area contributed by atoms with Gasteiger partial charge in [0.15, 0.2) is 6.61 Å². The number of ether oxygens (including phenoxy) is 2. The lowest BCUT2D eigenvalue weighted by Crippen LogP contribution is -2.11. The van der Waals surface area contributed by atoms with Gasteiger partial charge in [0.2, 0.25) is 5.91 Å². The lowest BCUT2D eigenvalue weighted by molar-refractivity contribution is -0.139. The number of pyridine rings is 1. The Hall–Kier alpha value is -4.85. The van der Waals surface area contributed by atoms with Gasteiger partial charge in [-0.3, -0.25) is 9.78 Å². The van der Waals surface area contributed by atoms with Crippen LogP contribution in [0.5, 0.6) is 17.2 Å². The fraction of sp³-hybridized carbons (Fsp3) is 0.0741. The SMILES string of the molecule is NC(=O)c1cccc2c1c1c(OCC(=O)O)cncc1n2Cc1ccccc1Oc1ccccc1. The molecule has 0 spiro atoms. The van der Waals surface area contributed by atoms with E-state index in [0.717, 1.165) is 11.1 Å². The number of aliphatic carboxylic acids is 1. The highest BCUT2D eigenvalue weighted by atomic mass is 16.5. The minimum Gasteiger partial charge on any atom is -0.480 e. The molecule has 0 bridgehead atoms. The summed E-state index contributed by atoms with van der Waals surface area (Å²) in [5.74, 6) is -0.0531. The number of carboxylic acid groups (broad SMARTS) is 1. The van der Waals surface area contributed by atoms with Crippen molar-refractivity contribution in [2.24, 2.45) is 5.73 Å². The van der Waals surface area contributed by atoms with Crippen molar-refractivity contribution in [1.82, 2.24) is 9.55 Å². The molecule has 0 unspecified atom stereocenters. The van der Waals surface area contributed by atoms with Crippen LogP contribution >= 0.6 is 0 Å². The first-order valence-electron chi connectivity index (χ1n) is 10.9. The summed E-state index contributed by atoms with van der Waals surface area (Å²) in [6.07, 6.45) is 3.10. The van der Waals surface area contributed by atoms with E-state index in [4.69, 9.17) is 20.3 Å². The van der Waals surface area contributed by atoms with Crippen molar-refractivity contribution in [2.45, 2.75) is 6.54 Å². The molecule has 8 nitrogen and oxygen atoms in total. The molecule has 5 aromatic rings. The fourth-order valence-corrected chi connectivity index (χ4v) is 4.19. The van der Waals surface area contributed by atoms with Gasteiger partial charge in [-0.2, -0.15) is 0 Å². The fourth-order valence-electron chi connectivity index (χ4n) is 4.19. The molecular weight excluding hydrogens is 446 g/mol. The standard InChI is InChI=1S/C27H21N3O5/c28-27(33)19-10-6-11-20-25(19)26-21(13-29-14-23(26)34-16-24(31)32)30(20)15-17-7-4-5-12-22(17)35-18-8-2-1-3-9-18/h1-14H,15-16H2,(H2,28,33)(H,31,32). The highest BCUT2D eigenvalue weighted by molar-refractivity contribution is 6.19. The van der Waals surface area contributed by atoms with E-state index in [0.29, 0.717) is 39.9 Å². The molecule has 3 N–H and O–H groups in total. The van der Waals surface area contributed by atoms with E-state index >= 15 is 0 Å². The molecule has 8 heteroatoms. The Balaban J connectivity index is 1.69. The largest absolute Gasteiger partial charge is 0.480 e. The monoisotopic (exact) mass is 467 g/mol. The number of nitrogens with zero attached hydrogens (tertiary/aromatic N) is 2. The topological polar surface area (TPSA) is 117 Å². The van der Waals surface area contributed by atoms with Gasteiger partial charge in [-0.05, 0) is 30.3 Å². The van der Waals surface area contributed by atoms with Gasteiger partial charge in [0.25, 0.3) is 0 Å². The molecule has 0 aliphatic heterocycles. The molecule has 0 saturated carbocycles. The summed E-state index contributed by atoms with van der Waals surface area (Å²) in [5, 5.41) is 10.3. The minimum absolute atomic E-state index is 0.260. The second kappa shape index (κ2) is 9.18. The molecule has 3 aromatic carbocycles. The Morgan fingerprint density at radius 3 is 2.40 bits per heavy atom. The summed E-state index contributed by atoms with van der Waals surface area (Å²) >= 11 is 0. The van der Waals surface area contributed by atoms with Crippen molar-refractivity contribution in [3.8, 4) is 17.2 Å². The number of para-hydroxylation sites is 2. The average molecular weight is 467 g/mol. The van der Waals surface area contributed by atoms with Crippen LogP contribution in [0.25, 0.3) is 21.8 Å².